The van der Waals surface area contributed by atoms with Crippen LogP contribution in [0.15, 0.2) is 30.3 Å². The van der Waals surface area contributed by atoms with E-state index in [1.807, 2.05) is 0 Å². The smallest absolute Gasteiger partial charge is 0.177 e. The van der Waals surface area contributed by atoms with E-state index >= 15 is 0 Å². The molecule has 1 nitrogen and oxygen atoms in total. The summed E-state index contributed by atoms with van der Waals surface area (Å²) in [7, 11) is 0. The highest BCUT2D eigenvalue weighted by Crippen LogP contribution is 2.29. The first kappa shape index (κ1) is 14.3. The first-order valence-corrected chi connectivity index (χ1v) is 9.01. The van der Waals surface area contributed by atoms with E-state index in [1.54, 1.807) is 11.3 Å². The molecule has 104 valence electrons. The summed E-state index contributed by atoms with van der Waals surface area (Å²) in [6.07, 6.45) is 6.72. The van der Waals surface area contributed by atoms with Crippen LogP contribution in [0, 0.1) is 3.57 Å². The van der Waals surface area contributed by atoms with E-state index in [1.165, 1.54) is 33.3 Å². The van der Waals surface area contributed by atoms with Crippen LogP contribution in [-0.2, 0) is 19.3 Å². The van der Waals surface area contributed by atoms with Gasteiger partial charge >= 0.3 is 0 Å². The minimum Gasteiger partial charge on any atom is -0.293 e. The van der Waals surface area contributed by atoms with Gasteiger partial charge < -0.3 is 0 Å². The second-order valence-corrected chi connectivity index (χ2v) is 7.73. The van der Waals surface area contributed by atoms with Crippen molar-refractivity contribution in [3.63, 3.8) is 0 Å². The Kier molecular flexibility index (Phi) is 4.56. The highest BCUT2D eigenvalue weighted by molar-refractivity contribution is 14.1. The molecule has 3 heteroatoms. The Labute approximate surface area is 137 Å². The fourth-order valence-electron chi connectivity index (χ4n) is 2.68. The van der Waals surface area contributed by atoms with E-state index < -0.39 is 0 Å². The van der Waals surface area contributed by atoms with Crippen LogP contribution in [0.2, 0.25) is 0 Å². The van der Waals surface area contributed by atoms with Crippen molar-refractivity contribution >= 4 is 39.7 Å². The van der Waals surface area contributed by atoms with Crippen molar-refractivity contribution in [1.29, 1.82) is 0 Å². The van der Waals surface area contributed by atoms with Crippen LogP contribution in [0.4, 0.5) is 0 Å². The quantitative estimate of drug-likeness (QED) is 0.403. The van der Waals surface area contributed by atoms with Crippen molar-refractivity contribution in [2.24, 2.45) is 0 Å². The van der Waals surface area contributed by atoms with Gasteiger partial charge in [-0.25, -0.2) is 0 Å². The largest absolute Gasteiger partial charge is 0.293 e. The Morgan fingerprint density at radius 2 is 1.85 bits per heavy atom. The molecular formula is C17H17IOS. The van der Waals surface area contributed by atoms with Crippen molar-refractivity contribution in [3.8, 4) is 0 Å². The van der Waals surface area contributed by atoms with Gasteiger partial charge in [-0.2, -0.15) is 0 Å². The number of rotatable bonds is 3. The first-order chi connectivity index (χ1) is 9.72. The van der Waals surface area contributed by atoms with E-state index in [0.717, 1.165) is 23.3 Å². The Hall–Kier alpha value is -0.680. The van der Waals surface area contributed by atoms with E-state index in [2.05, 4.69) is 52.9 Å². The maximum atomic E-state index is 12.4. The van der Waals surface area contributed by atoms with Gasteiger partial charge in [-0.05, 0) is 77.6 Å². The predicted molar refractivity (Wildman–Crippen MR) is 92.8 cm³/mol. The molecule has 1 heterocycles. The number of thiophene rings is 1. The van der Waals surface area contributed by atoms with Crippen LogP contribution in [0.5, 0.6) is 0 Å². The standard InChI is InChI=1S/C17H17IOS/c18-14-8-6-12(7-9-14)10-15(19)17-11-13-4-2-1-3-5-16(13)20-17/h6-9,11H,1-5,10H2. The molecule has 3 rings (SSSR count). The molecule has 0 saturated carbocycles. The Morgan fingerprint density at radius 1 is 1.10 bits per heavy atom. The Bertz CT molecular complexity index is 589. The number of ketones is 1. The van der Waals surface area contributed by atoms with Crippen molar-refractivity contribution in [3.05, 3.63) is 54.8 Å². The van der Waals surface area contributed by atoms with Crippen LogP contribution >= 0.6 is 33.9 Å². The fraction of sp³-hybridized carbons (Fsp3) is 0.353. The van der Waals surface area contributed by atoms with Gasteiger partial charge in [0.2, 0.25) is 0 Å². The lowest BCUT2D eigenvalue weighted by Gasteiger charge is -2.00. The zero-order valence-electron chi connectivity index (χ0n) is 11.3. The molecule has 1 aliphatic carbocycles. The molecule has 0 aliphatic heterocycles. The van der Waals surface area contributed by atoms with Gasteiger partial charge in [0.1, 0.15) is 0 Å². The van der Waals surface area contributed by atoms with E-state index in [-0.39, 0.29) is 5.78 Å². The molecule has 0 N–H and O–H groups in total. The van der Waals surface area contributed by atoms with Gasteiger partial charge in [0.15, 0.2) is 5.78 Å². The van der Waals surface area contributed by atoms with Gasteiger partial charge in [0.05, 0.1) is 4.88 Å². The van der Waals surface area contributed by atoms with Gasteiger partial charge in [-0.3, -0.25) is 4.79 Å². The number of hydrogen-bond acceptors (Lipinski definition) is 2. The molecule has 2 aromatic rings. The van der Waals surface area contributed by atoms with Gasteiger partial charge in [-0.1, -0.05) is 18.6 Å². The average Bonchev–Trinajstić information content (AvgIpc) is 2.73. The highest BCUT2D eigenvalue weighted by Gasteiger charge is 2.16. The first-order valence-electron chi connectivity index (χ1n) is 7.11. The molecule has 0 saturated heterocycles. The summed E-state index contributed by atoms with van der Waals surface area (Å²) in [6, 6.07) is 10.4. The van der Waals surface area contributed by atoms with Crippen molar-refractivity contribution < 1.29 is 4.79 Å². The number of carbonyl (C=O) groups is 1. The molecule has 1 aromatic carbocycles. The second-order valence-electron chi connectivity index (χ2n) is 5.35. The fourth-order valence-corrected chi connectivity index (χ4v) is 4.23. The molecule has 0 radical (unpaired) electrons. The Morgan fingerprint density at radius 3 is 2.65 bits per heavy atom. The summed E-state index contributed by atoms with van der Waals surface area (Å²) >= 11 is 4.02. The monoisotopic (exact) mass is 396 g/mol. The molecule has 1 aromatic heterocycles. The van der Waals surface area contributed by atoms with Crippen molar-refractivity contribution in [2.75, 3.05) is 0 Å². The summed E-state index contributed by atoms with van der Waals surface area (Å²) in [5.74, 6) is 0.268. The molecule has 0 fully saturated rings. The molecule has 0 unspecified atom stereocenters. The summed E-state index contributed by atoms with van der Waals surface area (Å²) in [5.41, 5.74) is 2.54. The lowest BCUT2D eigenvalue weighted by atomic mass is 10.1. The zero-order chi connectivity index (χ0) is 13.9. The average molecular weight is 396 g/mol. The number of hydrogen-bond donors (Lipinski definition) is 0. The molecule has 0 bridgehead atoms. The minimum atomic E-state index is 0.268. The van der Waals surface area contributed by atoms with Crippen molar-refractivity contribution in [2.45, 2.75) is 38.5 Å². The van der Waals surface area contributed by atoms with E-state index in [4.69, 9.17) is 0 Å². The molecule has 0 amide bonds. The minimum absolute atomic E-state index is 0.268. The molecular weight excluding hydrogens is 379 g/mol. The molecule has 0 atom stereocenters. The van der Waals surface area contributed by atoms with E-state index in [0.29, 0.717) is 6.42 Å². The number of Topliss-reactive ketones (excluding diaryl/α,β-unsaturated/α-hetero) is 1. The van der Waals surface area contributed by atoms with Gasteiger partial charge in [0.25, 0.3) is 0 Å². The highest BCUT2D eigenvalue weighted by atomic mass is 127. The Balaban J connectivity index is 1.75. The summed E-state index contributed by atoms with van der Waals surface area (Å²) in [6.45, 7) is 0. The number of halogens is 1. The maximum absolute atomic E-state index is 12.4. The molecule has 20 heavy (non-hydrogen) atoms. The lowest BCUT2D eigenvalue weighted by molar-refractivity contribution is 0.0997. The number of fused-ring (bicyclic) bond motifs is 1. The predicted octanol–water partition coefficient (Wildman–Crippen LogP) is 5.05. The maximum Gasteiger partial charge on any atom is 0.177 e. The number of aryl methyl sites for hydroxylation is 2. The second kappa shape index (κ2) is 6.39. The van der Waals surface area contributed by atoms with Crippen LogP contribution < -0.4 is 0 Å². The SMILES string of the molecule is O=C(Cc1ccc(I)cc1)c1cc2c(s1)CCCCC2. The number of benzene rings is 1. The summed E-state index contributed by atoms with van der Waals surface area (Å²) in [4.78, 5) is 14.8. The zero-order valence-corrected chi connectivity index (χ0v) is 14.3. The normalized spacial score (nSPS) is 14.7. The number of carbonyl (C=O) groups excluding carboxylic acids is 1. The summed E-state index contributed by atoms with van der Waals surface area (Å²) in [5, 5.41) is 0. The van der Waals surface area contributed by atoms with Gasteiger partial charge in [-0.15, -0.1) is 11.3 Å². The molecule has 0 spiro atoms. The van der Waals surface area contributed by atoms with Crippen LogP contribution in [-0.4, -0.2) is 5.78 Å². The molecule has 1 aliphatic rings. The third-order valence-corrected chi connectivity index (χ3v) is 5.80. The van der Waals surface area contributed by atoms with E-state index in [9.17, 15) is 4.79 Å². The lowest BCUT2D eigenvalue weighted by Crippen LogP contribution is -2.01. The van der Waals surface area contributed by atoms with Crippen molar-refractivity contribution in [1.82, 2.24) is 0 Å². The topological polar surface area (TPSA) is 17.1 Å². The van der Waals surface area contributed by atoms with Crippen LogP contribution in [0.25, 0.3) is 0 Å². The van der Waals surface area contributed by atoms with Gasteiger partial charge in [0, 0.05) is 14.9 Å². The third-order valence-electron chi connectivity index (χ3n) is 3.80. The van der Waals surface area contributed by atoms with Crippen LogP contribution in [0.1, 0.15) is 44.9 Å². The third kappa shape index (κ3) is 3.31. The summed E-state index contributed by atoms with van der Waals surface area (Å²) < 4.78 is 1.21. The van der Waals surface area contributed by atoms with Crippen LogP contribution in [0.3, 0.4) is 0 Å².